The van der Waals surface area contributed by atoms with Crippen molar-refractivity contribution in [2.24, 2.45) is 0 Å². The molecule has 1 atom stereocenters. The predicted molar refractivity (Wildman–Crippen MR) is 169 cm³/mol. The molecule has 42 heavy (non-hydrogen) atoms. The molecule has 6 rings (SSSR count). The fourth-order valence-corrected chi connectivity index (χ4v) is 5.98. The van der Waals surface area contributed by atoms with E-state index < -0.39 is 0 Å². The number of amides is 1. The summed E-state index contributed by atoms with van der Waals surface area (Å²) in [7, 11) is 0. The van der Waals surface area contributed by atoms with Crippen molar-refractivity contribution in [1.29, 1.82) is 0 Å². The molecule has 2 fully saturated rings. The van der Waals surface area contributed by atoms with Gasteiger partial charge in [0.2, 0.25) is 5.91 Å². The standard InChI is InChI=1S/C33H38N8O/c1-3-31(42)38-27-8-7-15-40(21-27)20-24-13-14-34-29(18-24)23(2)37-26-11-9-25(10-12-26)30-19-28-32(39-30)35-22-36-33(28)41-16-5-4-6-17-41/h3,9-14,18-19,22,27,37H,1-2,4-8,15-17,20-21H2,(H,38,42)(H,35,36,39). The highest BCUT2D eigenvalue weighted by Gasteiger charge is 2.21. The molecule has 0 bridgehead atoms. The first kappa shape index (κ1) is 27.7. The van der Waals surface area contributed by atoms with Crippen LogP contribution in [-0.4, -0.2) is 63.0 Å². The normalized spacial score (nSPS) is 17.6. The third kappa shape index (κ3) is 6.36. The van der Waals surface area contributed by atoms with E-state index in [0.717, 1.165) is 90.8 Å². The van der Waals surface area contributed by atoms with E-state index in [4.69, 9.17) is 0 Å². The van der Waals surface area contributed by atoms with Gasteiger partial charge in [-0.25, -0.2) is 9.97 Å². The molecule has 2 aliphatic rings. The SMILES string of the molecule is C=CC(=O)NC1CCCN(Cc2ccnc(C(=C)Nc3ccc(-c4cc5c(N6CCCCC6)ncnc5[nH]4)cc3)c2)C1. The minimum absolute atomic E-state index is 0.110. The Morgan fingerprint density at radius 3 is 2.67 bits per heavy atom. The first-order valence-corrected chi connectivity index (χ1v) is 14.8. The molecule has 4 aromatic rings. The summed E-state index contributed by atoms with van der Waals surface area (Å²) in [6, 6.07) is 14.7. The topological polar surface area (TPSA) is 102 Å². The van der Waals surface area contributed by atoms with E-state index in [1.54, 1.807) is 6.33 Å². The molecule has 2 aliphatic heterocycles. The number of anilines is 2. The smallest absolute Gasteiger partial charge is 0.243 e. The molecule has 3 aromatic heterocycles. The van der Waals surface area contributed by atoms with Crippen molar-refractivity contribution < 1.29 is 4.79 Å². The molecule has 9 nitrogen and oxygen atoms in total. The molecule has 9 heteroatoms. The van der Waals surface area contributed by atoms with Crippen LogP contribution in [0.15, 0.2) is 74.2 Å². The first-order chi connectivity index (χ1) is 20.6. The van der Waals surface area contributed by atoms with Crippen molar-refractivity contribution in [3.05, 3.63) is 85.5 Å². The number of carbonyl (C=O) groups excluding carboxylic acids is 1. The number of aromatic amines is 1. The number of likely N-dealkylation sites (tertiary alicyclic amines) is 1. The molecule has 0 radical (unpaired) electrons. The average Bonchev–Trinajstić information content (AvgIpc) is 3.47. The van der Waals surface area contributed by atoms with Crippen molar-refractivity contribution in [2.45, 2.75) is 44.7 Å². The zero-order chi connectivity index (χ0) is 28.9. The van der Waals surface area contributed by atoms with Crippen LogP contribution >= 0.6 is 0 Å². The number of H-pyrrole nitrogens is 1. The summed E-state index contributed by atoms with van der Waals surface area (Å²) in [5.41, 5.74) is 6.63. The van der Waals surface area contributed by atoms with Gasteiger partial charge >= 0.3 is 0 Å². The number of nitrogens with one attached hydrogen (secondary N) is 3. The highest BCUT2D eigenvalue weighted by molar-refractivity contribution is 5.92. The lowest BCUT2D eigenvalue weighted by Crippen LogP contribution is -2.46. The molecule has 1 unspecified atom stereocenters. The summed E-state index contributed by atoms with van der Waals surface area (Å²) >= 11 is 0. The van der Waals surface area contributed by atoms with Crippen molar-refractivity contribution in [3.8, 4) is 11.3 Å². The molecular formula is C33H38N8O. The average molecular weight is 563 g/mol. The van der Waals surface area contributed by atoms with Crippen LogP contribution in [0.25, 0.3) is 28.0 Å². The number of carbonyl (C=O) groups is 1. The maximum absolute atomic E-state index is 11.7. The highest BCUT2D eigenvalue weighted by atomic mass is 16.1. The fraction of sp³-hybridized carbons (Fsp3) is 0.333. The van der Waals surface area contributed by atoms with Gasteiger partial charge in [0.05, 0.1) is 16.8 Å². The number of pyridine rings is 1. The number of hydrogen-bond acceptors (Lipinski definition) is 7. The van der Waals surface area contributed by atoms with Crippen LogP contribution in [0.1, 0.15) is 43.4 Å². The highest BCUT2D eigenvalue weighted by Crippen LogP contribution is 2.31. The van der Waals surface area contributed by atoms with Gasteiger partial charge in [-0.1, -0.05) is 25.3 Å². The zero-order valence-electron chi connectivity index (χ0n) is 24.0. The molecule has 3 N–H and O–H groups in total. The van der Waals surface area contributed by atoms with Crippen molar-refractivity contribution in [1.82, 2.24) is 30.2 Å². The number of nitrogens with zero attached hydrogens (tertiary/aromatic N) is 5. The Morgan fingerprint density at radius 1 is 1.02 bits per heavy atom. The van der Waals surface area contributed by atoms with E-state index in [9.17, 15) is 4.79 Å². The Bertz CT molecular complexity index is 1570. The number of aromatic nitrogens is 4. The van der Waals surface area contributed by atoms with Gasteiger partial charge in [0.25, 0.3) is 0 Å². The molecule has 5 heterocycles. The van der Waals surface area contributed by atoms with Crippen molar-refractivity contribution in [3.63, 3.8) is 0 Å². The summed E-state index contributed by atoms with van der Waals surface area (Å²) in [6.07, 6.45) is 10.6. The van der Waals surface area contributed by atoms with E-state index in [1.165, 1.54) is 30.9 Å². The van der Waals surface area contributed by atoms with Crippen LogP contribution in [-0.2, 0) is 11.3 Å². The minimum Gasteiger partial charge on any atom is -0.356 e. The quantitative estimate of drug-likeness (QED) is 0.236. The van der Waals surface area contributed by atoms with Gasteiger partial charge in [-0.05, 0) is 86.2 Å². The molecular weight excluding hydrogens is 524 g/mol. The van der Waals surface area contributed by atoms with Crippen molar-refractivity contribution in [2.75, 3.05) is 36.4 Å². The molecule has 0 saturated carbocycles. The van der Waals surface area contributed by atoms with Gasteiger partial charge in [-0.15, -0.1) is 0 Å². The summed E-state index contributed by atoms with van der Waals surface area (Å²) in [5, 5.41) is 7.52. The summed E-state index contributed by atoms with van der Waals surface area (Å²) < 4.78 is 0. The van der Waals surface area contributed by atoms with E-state index in [2.05, 4.69) is 89.9 Å². The van der Waals surface area contributed by atoms with Gasteiger partial charge in [0, 0.05) is 49.8 Å². The van der Waals surface area contributed by atoms with Crippen molar-refractivity contribution >= 4 is 34.1 Å². The summed E-state index contributed by atoms with van der Waals surface area (Å²) in [5.74, 6) is 0.909. The lowest BCUT2D eigenvalue weighted by Gasteiger charge is -2.33. The minimum atomic E-state index is -0.110. The Hall–Kier alpha value is -4.50. The van der Waals surface area contributed by atoms with Gasteiger partial charge in [-0.3, -0.25) is 14.7 Å². The van der Waals surface area contributed by atoms with Crippen LogP contribution in [0.3, 0.4) is 0 Å². The number of rotatable bonds is 9. The lowest BCUT2D eigenvalue weighted by atomic mass is 10.0. The van der Waals surface area contributed by atoms with Crippen LogP contribution in [0.4, 0.5) is 11.5 Å². The molecule has 216 valence electrons. The third-order valence-electron chi connectivity index (χ3n) is 8.13. The monoisotopic (exact) mass is 562 g/mol. The van der Waals surface area contributed by atoms with E-state index in [0.29, 0.717) is 0 Å². The maximum atomic E-state index is 11.7. The lowest BCUT2D eigenvalue weighted by molar-refractivity contribution is -0.117. The van der Waals surface area contributed by atoms with Gasteiger partial charge in [0.15, 0.2) is 0 Å². The molecule has 1 amide bonds. The molecule has 0 aliphatic carbocycles. The number of fused-ring (bicyclic) bond motifs is 1. The van der Waals surface area contributed by atoms with Gasteiger partial charge < -0.3 is 20.5 Å². The van der Waals surface area contributed by atoms with Crippen LogP contribution in [0.5, 0.6) is 0 Å². The van der Waals surface area contributed by atoms with Crippen LogP contribution in [0, 0.1) is 0 Å². The molecule has 1 aromatic carbocycles. The van der Waals surface area contributed by atoms with Crippen LogP contribution < -0.4 is 15.5 Å². The maximum Gasteiger partial charge on any atom is 0.243 e. The van der Waals surface area contributed by atoms with E-state index >= 15 is 0 Å². The number of piperidine rings is 2. The second-order valence-corrected chi connectivity index (χ2v) is 11.2. The zero-order valence-corrected chi connectivity index (χ0v) is 24.0. The Kier molecular flexibility index (Phi) is 8.28. The Morgan fingerprint density at radius 2 is 1.86 bits per heavy atom. The van der Waals surface area contributed by atoms with E-state index in [-0.39, 0.29) is 11.9 Å². The fourth-order valence-electron chi connectivity index (χ4n) is 5.98. The second kappa shape index (κ2) is 12.6. The second-order valence-electron chi connectivity index (χ2n) is 11.2. The third-order valence-corrected chi connectivity index (χ3v) is 8.13. The Labute approximate surface area is 246 Å². The number of hydrogen-bond donors (Lipinski definition) is 3. The largest absolute Gasteiger partial charge is 0.356 e. The molecule has 2 saturated heterocycles. The van der Waals surface area contributed by atoms with Gasteiger partial charge in [-0.2, -0.15) is 0 Å². The number of benzene rings is 1. The van der Waals surface area contributed by atoms with E-state index in [1.807, 2.05) is 12.3 Å². The molecule has 0 spiro atoms. The first-order valence-electron chi connectivity index (χ1n) is 14.8. The summed E-state index contributed by atoms with van der Waals surface area (Å²) in [4.78, 5) is 33.6. The Balaban J connectivity index is 1.10. The van der Waals surface area contributed by atoms with Crippen LogP contribution in [0.2, 0.25) is 0 Å². The summed E-state index contributed by atoms with van der Waals surface area (Å²) in [6.45, 7) is 12.5. The van der Waals surface area contributed by atoms with Gasteiger partial charge in [0.1, 0.15) is 17.8 Å². The predicted octanol–water partition coefficient (Wildman–Crippen LogP) is 5.36.